The average Bonchev–Trinajstić information content (AvgIpc) is 2.86. The molecule has 0 unspecified atom stereocenters. The van der Waals surface area contributed by atoms with Crippen LogP contribution in [0.25, 0.3) is 0 Å². The maximum absolute atomic E-state index is 12.0. The Hall–Kier alpha value is -0.340. The summed E-state index contributed by atoms with van der Waals surface area (Å²) in [6, 6.07) is 1.24. The van der Waals surface area contributed by atoms with Crippen LogP contribution in [0.1, 0.15) is 12.8 Å². The van der Waals surface area contributed by atoms with E-state index in [4.69, 9.17) is 28.9 Å². The molecule has 0 radical (unpaired) electrons. The van der Waals surface area contributed by atoms with Crippen molar-refractivity contribution in [1.29, 1.82) is 0 Å². The third-order valence-corrected chi connectivity index (χ3v) is 5.76. The van der Waals surface area contributed by atoms with E-state index in [1.54, 1.807) is 0 Å². The van der Waals surface area contributed by atoms with Crippen molar-refractivity contribution >= 4 is 50.5 Å². The number of hydrogen-bond donors (Lipinski definition) is 2. The molecule has 0 aromatic carbocycles. The molecule has 5 nitrogen and oxygen atoms in total. The van der Waals surface area contributed by atoms with Gasteiger partial charge in [-0.3, -0.25) is 4.79 Å². The van der Waals surface area contributed by atoms with E-state index < -0.39 is 21.5 Å². The van der Waals surface area contributed by atoms with E-state index in [-0.39, 0.29) is 13.6 Å². The van der Waals surface area contributed by atoms with E-state index in [0.29, 0.717) is 12.8 Å². The van der Waals surface area contributed by atoms with E-state index in [1.807, 2.05) is 0 Å². The Balaban J connectivity index is 2.32. The van der Waals surface area contributed by atoms with Crippen LogP contribution >= 0.6 is 34.5 Å². The molecule has 1 heterocycles. The molecule has 3 N–H and O–H groups in total. The molecule has 9 heteroatoms. The van der Waals surface area contributed by atoms with Gasteiger partial charge in [-0.05, 0) is 18.9 Å². The van der Waals surface area contributed by atoms with Gasteiger partial charge < -0.3 is 5.73 Å². The molecule has 1 amide bonds. The number of nitrogens with two attached hydrogens (primary N) is 1. The van der Waals surface area contributed by atoms with Crippen molar-refractivity contribution in [1.82, 2.24) is 4.72 Å². The van der Waals surface area contributed by atoms with Crippen LogP contribution in [-0.2, 0) is 14.8 Å². The van der Waals surface area contributed by atoms with E-state index in [2.05, 4.69) is 4.72 Å². The highest BCUT2D eigenvalue weighted by molar-refractivity contribution is 7.90. The maximum atomic E-state index is 12.0. The minimum Gasteiger partial charge on any atom is -0.368 e. The molecule has 0 saturated heterocycles. The summed E-state index contributed by atoms with van der Waals surface area (Å²) in [7, 11) is -3.87. The summed E-state index contributed by atoms with van der Waals surface area (Å²) >= 11 is 12.4. The zero-order valence-corrected chi connectivity index (χ0v) is 11.5. The molecule has 0 spiro atoms. The van der Waals surface area contributed by atoms with Crippen LogP contribution < -0.4 is 10.5 Å². The van der Waals surface area contributed by atoms with Crippen LogP contribution in [-0.4, -0.2) is 19.9 Å². The minimum atomic E-state index is -3.87. The Bertz CT molecular complexity index is 578. The van der Waals surface area contributed by atoms with Crippen molar-refractivity contribution in [2.24, 2.45) is 5.73 Å². The van der Waals surface area contributed by atoms with Crippen LogP contribution in [0.2, 0.25) is 8.67 Å². The van der Waals surface area contributed by atoms with Crippen molar-refractivity contribution in [2.75, 3.05) is 0 Å². The molecule has 1 aliphatic carbocycles. The fraction of sp³-hybridized carbons (Fsp3) is 0.375. The maximum Gasteiger partial charge on any atom is 0.243 e. The zero-order chi connectivity index (χ0) is 12.8. The lowest BCUT2D eigenvalue weighted by Gasteiger charge is -2.13. The number of amides is 1. The van der Waals surface area contributed by atoms with Gasteiger partial charge in [0.2, 0.25) is 15.9 Å². The lowest BCUT2D eigenvalue weighted by molar-refractivity contribution is -0.120. The van der Waals surface area contributed by atoms with Crippen molar-refractivity contribution in [2.45, 2.75) is 23.3 Å². The summed E-state index contributed by atoms with van der Waals surface area (Å²) in [5.41, 5.74) is 3.98. The van der Waals surface area contributed by atoms with Crippen molar-refractivity contribution < 1.29 is 13.2 Å². The number of thiophene rings is 1. The second-order valence-electron chi connectivity index (χ2n) is 3.74. The molecular weight excluding hydrogens is 307 g/mol. The smallest absolute Gasteiger partial charge is 0.243 e. The Morgan fingerprint density at radius 2 is 2.06 bits per heavy atom. The van der Waals surface area contributed by atoms with Gasteiger partial charge in [-0.15, -0.1) is 11.3 Å². The van der Waals surface area contributed by atoms with Crippen molar-refractivity contribution in [3.05, 3.63) is 14.7 Å². The second kappa shape index (κ2) is 4.10. The SMILES string of the molecule is NC(=O)C1(NS(=O)(=O)c2cc(Cl)sc2Cl)CC1. The third-order valence-electron chi connectivity index (χ3n) is 2.47. The van der Waals surface area contributed by atoms with Gasteiger partial charge in [-0.1, -0.05) is 23.2 Å². The van der Waals surface area contributed by atoms with E-state index in [9.17, 15) is 13.2 Å². The largest absolute Gasteiger partial charge is 0.368 e. The topological polar surface area (TPSA) is 89.3 Å². The van der Waals surface area contributed by atoms with Gasteiger partial charge >= 0.3 is 0 Å². The van der Waals surface area contributed by atoms with Gasteiger partial charge in [-0.2, -0.15) is 4.72 Å². The molecule has 17 heavy (non-hydrogen) atoms. The molecule has 94 valence electrons. The second-order valence-corrected chi connectivity index (χ2v) is 7.68. The predicted octanol–water partition coefficient (Wildman–Crippen LogP) is 1.35. The number of primary amides is 1. The van der Waals surface area contributed by atoms with Crippen LogP contribution in [0.5, 0.6) is 0 Å². The van der Waals surface area contributed by atoms with Crippen LogP contribution in [0.4, 0.5) is 0 Å². The highest BCUT2D eigenvalue weighted by Crippen LogP contribution is 2.39. The molecule has 0 aliphatic heterocycles. The van der Waals surface area contributed by atoms with Gasteiger partial charge in [0.25, 0.3) is 0 Å². The van der Waals surface area contributed by atoms with Crippen LogP contribution in [0.3, 0.4) is 0 Å². The standard InChI is InChI=1S/C8H8Cl2N2O3S2/c9-5-3-4(6(10)16-5)17(14,15)12-8(1-2-8)7(11)13/h3,12H,1-2H2,(H2,11,13). The summed E-state index contributed by atoms with van der Waals surface area (Å²) in [6.45, 7) is 0. The Kier molecular flexibility index (Phi) is 3.16. The van der Waals surface area contributed by atoms with E-state index in [0.717, 1.165) is 11.3 Å². The number of nitrogens with one attached hydrogen (secondary N) is 1. The van der Waals surface area contributed by atoms with Gasteiger partial charge in [-0.25, -0.2) is 8.42 Å². The Morgan fingerprint density at radius 3 is 2.41 bits per heavy atom. The molecule has 1 fully saturated rings. The molecule has 1 saturated carbocycles. The van der Waals surface area contributed by atoms with Gasteiger partial charge in [0.15, 0.2) is 0 Å². The molecule has 0 bridgehead atoms. The summed E-state index contributed by atoms with van der Waals surface area (Å²) in [5, 5.41) is 0. The molecule has 1 aliphatic rings. The summed E-state index contributed by atoms with van der Waals surface area (Å²) < 4.78 is 26.5. The minimum absolute atomic E-state index is 0.0581. The molecule has 1 aromatic rings. The number of rotatable bonds is 4. The normalized spacial score (nSPS) is 18.0. The van der Waals surface area contributed by atoms with Crippen molar-refractivity contribution in [3.8, 4) is 0 Å². The number of carbonyl (C=O) groups is 1. The first-order chi connectivity index (χ1) is 7.77. The quantitative estimate of drug-likeness (QED) is 0.879. The number of sulfonamides is 1. The first-order valence-electron chi connectivity index (χ1n) is 4.56. The zero-order valence-electron chi connectivity index (χ0n) is 8.37. The summed E-state index contributed by atoms with van der Waals surface area (Å²) in [6.07, 6.45) is 0.800. The Morgan fingerprint density at radius 1 is 1.47 bits per heavy atom. The van der Waals surface area contributed by atoms with Crippen LogP contribution in [0.15, 0.2) is 11.0 Å². The van der Waals surface area contributed by atoms with Gasteiger partial charge in [0, 0.05) is 0 Å². The monoisotopic (exact) mass is 314 g/mol. The third kappa shape index (κ3) is 2.43. The van der Waals surface area contributed by atoms with Gasteiger partial charge in [0.1, 0.15) is 14.8 Å². The lowest BCUT2D eigenvalue weighted by Crippen LogP contribution is -2.46. The first kappa shape index (κ1) is 13.1. The fourth-order valence-electron chi connectivity index (χ4n) is 1.34. The van der Waals surface area contributed by atoms with E-state index >= 15 is 0 Å². The number of halogens is 2. The van der Waals surface area contributed by atoms with Gasteiger partial charge in [0.05, 0.1) is 4.34 Å². The molecule has 2 rings (SSSR count). The lowest BCUT2D eigenvalue weighted by atomic mass is 10.3. The highest BCUT2D eigenvalue weighted by atomic mass is 35.5. The van der Waals surface area contributed by atoms with Crippen molar-refractivity contribution in [3.63, 3.8) is 0 Å². The fourth-order valence-corrected chi connectivity index (χ4v) is 4.93. The summed E-state index contributed by atoms with van der Waals surface area (Å²) in [4.78, 5) is 11.0. The number of hydrogen-bond acceptors (Lipinski definition) is 4. The highest BCUT2D eigenvalue weighted by Gasteiger charge is 2.51. The molecule has 0 atom stereocenters. The van der Waals surface area contributed by atoms with Crippen LogP contribution in [0, 0.1) is 0 Å². The summed E-state index contributed by atoms with van der Waals surface area (Å²) in [5.74, 6) is -0.682. The predicted molar refractivity (Wildman–Crippen MR) is 65.8 cm³/mol. The van der Waals surface area contributed by atoms with E-state index in [1.165, 1.54) is 6.07 Å². The molecule has 1 aromatic heterocycles. The first-order valence-corrected chi connectivity index (χ1v) is 7.61. The Labute approximate surface area is 112 Å². The number of carbonyl (C=O) groups excluding carboxylic acids is 1. The average molecular weight is 315 g/mol. The molecular formula is C8H8Cl2N2O3S2.